The van der Waals surface area contributed by atoms with Crippen LogP contribution in [0.1, 0.15) is 53.9 Å². The second-order valence-electron chi connectivity index (χ2n) is 6.58. The van der Waals surface area contributed by atoms with E-state index in [2.05, 4.69) is 45.9 Å². The molecule has 0 heterocycles. The predicted octanol–water partition coefficient (Wildman–Crippen LogP) is 5.72. The van der Waals surface area contributed by atoms with Crippen molar-refractivity contribution in [2.24, 2.45) is 5.41 Å². The first-order chi connectivity index (χ1) is 9.86. The molecule has 1 aliphatic carbocycles. The quantitative estimate of drug-likeness (QED) is 0.358. The third-order valence-corrected chi connectivity index (χ3v) is 4.10. The second-order valence-corrected chi connectivity index (χ2v) is 6.58. The van der Waals surface area contributed by atoms with Crippen molar-refractivity contribution >= 4 is 6.29 Å². The Labute approximate surface area is 129 Å². The third-order valence-electron chi connectivity index (χ3n) is 4.10. The average Bonchev–Trinajstić information content (AvgIpc) is 2.37. The Morgan fingerprint density at radius 1 is 1.10 bits per heavy atom. The van der Waals surface area contributed by atoms with Gasteiger partial charge in [0.2, 0.25) is 0 Å². The molecule has 0 bridgehead atoms. The molecule has 0 amide bonds. The highest BCUT2D eigenvalue weighted by Crippen LogP contribution is 2.40. The fraction of sp³-hybridized carbons (Fsp3) is 0.450. The molecule has 0 radical (unpaired) electrons. The van der Waals surface area contributed by atoms with Gasteiger partial charge < -0.3 is 0 Å². The minimum atomic E-state index is 0.290. The summed E-state index contributed by atoms with van der Waals surface area (Å²) in [7, 11) is 0. The van der Waals surface area contributed by atoms with Crippen LogP contribution in [-0.2, 0) is 4.79 Å². The Hall–Kier alpha value is -1.63. The molecule has 0 aliphatic heterocycles. The van der Waals surface area contributed by atoms with Gasteiger partial charge in [0, 0.05) is 0 Å². The van der Waals surface area contributed by atoms with Gasteiger partial charge in [-0.25, -0.2) is 0 Å². The molecule has 21 heavy (non-hydrogen) atoms. The molecule has 1 nitrogen and oxygen atoms in total. The minimum absolute atomic E-state index is 0.290. The van der Waals surface area contributed by atoms with Gasteiger partial charge in [-0.1, -0.05) is 55.4 Å². The predicted molar refractivity (Wildman–Crippen MR) is 92.2 cm³/mol. The van der Waals surface area contributed by atoms with Crippen LogP contribution in [0.3, 0.4) is 0 Å². The summed E-state index contributed by atoms with van der Waals surface area (Å²) in [6.07, 6.45) is 16.6. The van der Waals surface area contributed by atoms with E-state index < -0.39 is 0 Å². The maximum atomic E-state index is 10.3. The smallest absolute Gasteiger partial charge is 0.143 e. The molecule has 0 aromatic heterocycles. The van der Waals surface area contributed by atoms with Gasteiger partial charge in [0.1, 0.15) is 6.29 Å². The van der Waals surface area contributed by atoms with E-state index in [1.807, 2.05) is 19.1 Å². The van der Waals surface area contributed by atoms with E-state index in [0.717, 1.165) is 11.9 Å². The summed E-state index contributed by atoms with van der Waals surface area (Å²) < 4.78 is 0. The Morgan fingerprint density at radius 3 is 2.38 bits per heavy atom. The zero-order chi connectivity index (χ0) is 15.9. The summed E-state index contributed by atoms with van der Waals surface area (Å²) >= 11 is 0. The van der Waals surface area contributed by atoms with Gasteiger partial charge in [0.25, 0.3) is 0 Å². The Balaban J connectivity index is 2.80. The lowest BCUT2D eigenvalue weighted by atomic mass is 9.72. The van der Waals surface area contributed by atoms with Crippen LogP contribution in [-0.4, -0.2) is 6.29 Å². The van der Waals surface area contributed by atoms with E-state index in [4.69, 9.17) is 0 Å². The molecule has 0 fully saturated rings. The van der Waals surface area contributed by atoms with Crippen LogP contribution in [0.4, 0.5) is 0 Å². The molecule has 0 N–H and O–H groups in total. The molecule has 0 aromatic rings. The third kappa shape index (κ3) is 5.71. The number of carbonyl (C=O) groups is 1. The normalized spacial score (nSPS) is 20.6. The molecule has 1 heteroatoms. The summed E-state index contributed by atoms with van der Waals surface area (Å²) in [5.74, 6) is 0. The van der Waals surface area contributed by atoms with Gasteiger partial charge in [-0.3, -0.25) is 4.79 Å². The molecule has 0 unspecified atom stereocenters. The number of aldehydes is 1. The number of hydrogen-bond acceptors (Lipinski definition) is 1. The van der Waals surface area contributed by atoms with Crippen LogP contribution in [0.2, 0.25) is 0 Å². The lowest BCUT2D eigenvalue weighted by molar-refractivity contribution is -0.104. The van der Waals surface area contributed by atoms with Crippen LogP contribution in [0.5, 0.6) is 0 Å². The van der Waals surface area contributed by atoms with E-state index >= 15 is 0 Å². The summed E-state index contributed by atoms with van der Waals surface area (Å²) in [4.78, 5) is 10.3. The Morgan fingerprint density at radius 2 is 1.76 bits per heavy atom. The fourth-order valence-electron chi connectivity index (χ4n) is 2.80. The van der Waals surface area contributed by atoms with Crippen molar-refractivity contribution in [1.29, 1.82) is 0 Å². The summed E-state index contributed by atoms with van der Waals surface area (Å²) in [6, 6.07) is 0. The molecule has 0 saturated carbocycles. The summed E-state index contributed by atoms with van der Waals surface area (Å²) in [6.45, 7) is 10.9. The van der Waals surface area contributed by atoms with Crippen molar-refractivity contribution in [3.63, 3.8) is 0 Å². The monoisotopic (exact) mass is 284 g/mol. The first-order valence-electron chi connectivity index (χ1n) is 7.72. The highest BCUT2D eigenvalue weighted by molar-refractivity contribution is 5.66. The number of hydrogen-bond donors (Lipinski definition) is 0. The molecule has 0 saturated heterocycles. The van der Waals surface area contributed by atoms with Gasteiger partial charge >= 0.3 is 0 Å². The van der Waals surface area contributed by atoms with Gasteiger partial charge in [0.15, 0.2) is 0 Å². The minimum Gasteiger partial charge on any atom is -0.299 e. The van der Waals surface area contributed by atoms with Gasteiger partial charge in [-0.05, 0) is 62.7 Å². The largest absolute Gasteiger partial charge is 0.299 e. The highest BCUT2D eigenvalue weighted by Gasteiger charge is 2.26. The van der Waals surface area contributed by atoms with E-state index in [9.17, 15) is 4.79 Å². The van der Waals surface area contributed by atoms with Crippen molar-refractivity contribution in [1.82, 2.24) is 0 Å². The van der Waals surface area contributed by atoms with E-state index in [-0.39, 0.29) is 5.41 Å². The van der Waals surface area contributed by atoms with Gasteiger partial charge in [0.05, 0.1) is 0 Å². The van der Waals surface area contributed by atoms with Crippen molar-refractivity contribution in [3.8, 4) is 0 Å². The van der Waals surface area contributed by atoms with Crippen LogP contribution in [0.25, 0.3) is 0 Å². The molecule has 1 rings (SSSR count). The Bertz CT molecular complexity index is 522. The fourth-order valence-corrected chi connectivity index (χ4v) is 2.80. The van der Waals surface area contributed by atoms with Gasteiger partial charge in [-0.2, -0.15) is 0 Å². The first kappa shape index (κ1) is 17.4. The maximum Gasteiger partial charge on any atom is 0.143 e. The number of carbonyl (C=O) groups excluding carboxylic acids is 1. The average molecular weight is 284 g/mol. The molecule has 1 aliphatic rings. The van der Waals surface area contributed by atoms with Crippen molar-refractivity contribution in [3.05, 3.63) is 58.7 Å². The molecular formula is C20H28O. The van der Waals surface area contributed by atoms with E-state index in [1.165, 1.54) is 36.0 Å². The molecular weight excluding hydrogens is 256 g/mol. The SMILES string of the molecule is CC1=C(\C=C/C(C)=C/C=C/C(C)=C\C=O)C(C)(C)CCC1. The topological polar surface area (TPSA) is 17.1 Å². The zero-order valence-electron chi connectivity index (χ0n) is 14.1. The number of allylic oxidation sites excluding steroid dienone is 10. The van der Waals surface area contributed by atoms with Crippen molar-refractivity contribution < 1.29 is 4.79 Å². The lowest BCUT2D eigenvalue weighted by Gasteiger charge is -2.32. The van der Waals surface area contributed by atoms with Crippen LogP contribution in [0.15, 0.2) is 58.7 Å². The van der Waals surface area contributed by atoms with Crippen molar-refractivity contribution in [2.75, 3.05) is 0 Å². The van der Waals surface area contributed by atoms with E-state index in [1.54, 1.807) is 6.08 Å². The van der Waals surface area contributed by atoms with Crippen molar-refractivity contribution in [2.45, 2.75) is 53.9 Å². The zero-order valence-corrected chi connectivity index (χ0v) is 14.1. The summed E-state index contributed by atoms with van der Waals surface area (Å²) in [5.41, 5.74) is 5.48. The molecule has 0 aromatic carbocycles. The van der Waals surface area contributed by atoms with Crippen LogP contribution >= 0.6 is 0 Å². The summed E-state index contributed by atoms with van der Waals surface area (Å²) in [5, 5.41) is 0. The Kier molecular flexibility index (Phi) is 6.61. The lowest BCUT2D eigenvalue weighted by Crippen LogP contribution is -2.19. The number of rotatable bonds is 5. The highest BCUT2D eigenvalue weighted by atomic mass is 16.1. The van der Waals surface area contributed by atoms with Crippen LogP contribution in [0, 0.1) is 5.41 Å². The van der Waals surface area contributed by atoms with Gasteiger partial charge in [-0.15, -0.1) is 0 Å². The second kappa shape index (κ2) is 7.97. The standard InChI is InChI=1S/C20H28O/c1-16(8-6-9-17(2)13-15-21)11-12-19-18(3)10-7-14-20(19,4)5/h6,8-9,11-13,15H,7,10,14H2,1-5H3/b9-6+,12-11-,16-8+,17-13-. The molecule has 0 spiro atoms. The molecule has 0 atom stereocenters. The van der Waals surface area contributed by atoms with Crippen LogP contribution < -0.4 is 0 Å². The maximum absolute atomic E-state index is 10.3. The first-order valence-corrected chi connectivity index (χ1v) is 7.72. The van der Waals surface area contributed by atoms with E-state index in [0.29, 0.717) is 0 Å². The molecule has 114 valence electrons.